The summed E-state index contributed by atoms with van der Waals surface area (Å²) in [5.74, 6) is -1.73. The number of H-pyrrole nitrogens is 1. The Bertz CT molecular complexity index is 601. The Labute approximate surface area is 123 Å². The third-order valence-corrected chi connectivity index (χ3v) is 2.71. The average molecular weight is 314 g/mol. The Morgan fingerprint density at radius 3 is 2.67 bits per heavy atom. The molecule has 0 aliphatic heterocycles. The topological polar surface area (TPSA) is 141 Å². The number of carboxylic acids is 1. The van der Waals surface area contributed by atoms with E-state index in [9.17, 15) is 19.2 Å². The van der Waals surface area contributed by atoms with Crippen molar-refractivity contribution >= 4 is 29.5 Å². The van der Waals surface area contributed by atoms with Crippen molar-refractivity contribution in [3.8, 4) is 0 Å². The molecule has 2 amide bonds. The lowest BCUT2D eigenvalue weighted by Gasteiger charge is -2.06. The van der Waals surface area contributed by atoms with Crippen molar-refractivity contribution < 1.29 is 19.5 Å². The zero-order valence-electron chi connectivity index (χ0n) is 11.1. The van der Waals surface area contributed by atoms with Crippen LogP contribution >= 0.6 is 11.8 Å². The molecule has 0 aromatic carbocycles. The van der Waals surface area contributed by atoms with Gasteiger partial charge in [-0.25, -0.2) is 4.98 Å². The number of hydrogen-bond donors (Lipinski definition) is 4. The first kappa shape index (κ1) is 16.7. The molecule has 0 atom stereocenters. The standard InChI is InChI=1S/C11H14N4O5S/c1-21-5-7-14-6(2-8(16)15-7)11(20)13-3-9(17)12-4-10(18)19/h2H,3-5H2,1H3,(H,12,17)(H,13,20)(H,18,19)(H,14,15,16). The van der Waals surface area contributed by atoms with Crippen molar-refractivity contribution in [1.82, 2.24) is 20.6 Å². The zero-order chi connectivity index (χ0) is 15.8. The summed E-state index contributed by atoms with van der Waals surface area (Å²) in [6, 6.07) is 1.02. The maximum Gasteiger partial charge on any atom is 0.322 e. The van der Waals surface area contributed by atoms with Crippen molar-refractivity contribution in [2.24, 2.45) is 0 Å². The summed E-state index contributed by atoms with van der Waals surface area (Å²) < 4.78 is 0. The lowest BCUT2D eigenvalue weighted by Crippen LogP contribution is -2.39. The number of carboxylic acid groups (broad SMARTS) is 1. The van der Waals surface area contributed by atoms with Crippen LogP contribution in [0.15, 0.2) is 10.9 Å². The Kier molecular flexibility index (Phi) is 6.40. The van der Waals surface area contributed by atoms with Crippen molar-refractivity contribution in [3.63, 3.8) is 0 Å². The summed E-state index contributed by atoms with van der Waals surface area (Å²) in [5, 5.41) is 12.7. The number of nitrogens with one attached hydrogen (secondary N) is 3. The van der Waals surface area contributed by atoms with Gasteiger partial charge in [-0.05, 0) is 6.26 Å². The van der Waals surface area contributed by atoms with Gasteiger partial charge in [0.05, 0.1) is 12.3 Å². The lowest BCUT2D eigenvalue weighted by atomic mass is 10.3. The van der Waals surface area contributed by atoms with Crippen LogP contribution in [0, 0.1) is 0 Å². The van der Waals surface area contributed by atoms with Crippen LogP contribution in [0.2, 0.25) is 0 Å². The Hall–Kier alpha value is -2.36. The molecule has 114 valence electrons. The van der Waals surface area contributed by atoms with E-state index in [0.29, 0.717) is 11.6 Å². The molecule has 1 heterocycles. The van der Waals surface area contributed by atoms with E-state index < -0.39 is 36.4 Å². The van der Waals surface area contributed by atoms with E-state index in [2.05, 4.69) is 20.6 Å². The van der Waals surface area contributed by atoms with Gasteiger partial charge < -0.3 is 20.7 Å². The van der Waals surface area contributed by atoms with Crippen molar-refractivity contribution in [3.05, 3.63) is 27.9 Å². The summed E-state index contributed by atoms with van der Waals surface area (Å²) in [4.78, 5) is 51.1. The maximum atomic E-state index is 11.8. The monoisotopic (exact) mass is 314 g/mol. The molecule has 1 aromatic rings. The van der Waals surface area contributed by atoms with Crippen LogP contribution in [0.25, 0.3) is 0 Å². The van der Waals surface area contributed by atoms with Crippen LogP contribution in [0.3, 0.4) is 0 Å². The highest BCUT2D eigenvalue weighted by Gasteiger charge is 2.12. The van der Waals surface area contributed by atoms with E-state index in [1.165, 1.54) is 11.8 Å². The predicted molar refractivity (Wildman–Crippen MR) is 75.1 cm³/mol. The van der Waals surface area contributed by atoms with E-state index in [4.69, 9.17) is 5.11 Å². The smallest absolute Gasteiger partial charge is 0.322 e. The number of rotatable bonds is 7. The number of thioether (sulfide) groups is 1. The number of carbonyl (C=O) groups excluding carboxylic acids is 2. The van der Waals surface area contributed by atoms with Gasteiger partial charge in [0.15, 0.2) is 0 Å². The van der Waals surface area contributed by atoms with Gasteiger partial charge in [-0.2, -0.15) is 11.8 Å². The maximum absolute atomic E-state index is 11.8. The molecule has 0 aliphatic carbocycles. The molecule has 0 aliphatic rings. The van der Waals surface area contributed by atoms with E-state index in [0.717, 1.165) is 6.07 Å². The van der Waals surface area contributed by atoms with Crippen LogP contribution in [0.4, 0.5) is 0 Å². The number of aliphatic carboxylic acids is 1. The quantitative estimate of drug-likeness (QED) is 0.483. The molecule has 0 fully saturated rings. The fraction of sp³-hybridized carbons (Fsp3) is 0.364. The molecule has 0 saturated heterocycles. The average Bonchev–Trinajstić information content (AvgIpc) is 2.42. The highest BCUT2D eigenvalue weighted by atomic mass is 32.2. The third kappa shape index (κ3) is 6.08. The predicted octanol–water partition coefficient (Wildman–Crippen LogP) is -1.44. The van der Waals surface area contributed by atoms with Crippen LogP contribution in [-0.4, -0.2) is 52.2 Å². The van der Waals surface area contributed by atoms with Crippen LogP contribution in [0.5, 0.6) is 0 Å². The van der Waals surface area contributed by atoms with E-state index in [-0.39, 0.29) is 5.69 Å². The van der Waals surface area contributed by atoms with E-state index in [1.807, 2.05) is 6.26 Å². The van der Waals surface area contributed by atoms with E-state index in [1.54, 1.807) is 0 Å². The molecule has 0 radical (unpaired) electrons. The molecule has 0 saturated carbocycles. The highest BCUT2D eigenvalue weighted by molar-refractivity contribution is 7.97. The Balaban J connectivity index is 2.61. The molecule has 21 heavy (non-hydrogen) atoms. The molecule has 4 N–H and O–H groups in total. The fourth-order valence-electron chi connectivity index (χ4n) is 1.32. The first-order valence-electron chi connectivity index (χ1n) is 5.78. The molecule has 0 bridgehead atoms. The van der Waals surface area contributed by atoms with Gasteiger partial charge in [-0.3, -0.25) is 19.2 Å². The van der Waals surface area contributed by atoms with Gasteiger partial charge in [0, 0.05) is 6.07 Å². The van der Waals surface area contributed by atoms with Gasteiger partial charge in [-0.15, -0.1) is 0 Å². The highest BCUT2D eigenvalue weighted by Crippen LogP contribution is 2.02. The summed E-state index contributed by atoms with van der Waals surface area (Å²) in [5.41, 5.74) is -0.566. The number of nitrogens with zero attached hydrogens (tertiary/aromatic N) is 1. The summed E-state index contributed by atoms with van der Waals surface area (Å²) in [6.07, 6.45) is 1.82. The van der Waals surface area contributed by atoms with Crippen molar-refractivity contribution in [1.29, 1.82) is 0 Å². The summed E-state index contributed by atoms with van der Waals surface area (Å²) >= 11 is 1.43. The minimum atomic E-state index is -1.19. The van der Waals surface area contributed by atoms with Crippen LogP contribution in [-0.2, 0) is 15.3 Å². The SMILES string of the molecule is CSCc1nc(C(=O)NCC(=O)NCC(=O)O)cc(=O)[nH]1. The van der Waals surface area contributed by atoms with Gasteiger partial charge in [-0.1, -0.05) is 0 Å². The number of amides is 2. The summed E-state index contributed by atoms with van der Waals surface area (Å²) in [7, 11) is 0. The molecular weight excluding hydrogens is 300 g/mol. The second kappa shape index (κ2) is 8.04. The summed E-state index contributed by atoms with van der Waals surface area (Å²) in [6.45, 7) is -0.936. The number of hydrogen-bond acceptors (Lipinski definition) is 6. The minimum absolute atomic E-state index is 0.103. The lowest BCUT2D eigenvalue weighted by molar-refractivity contribution is -0.137. The first-order chi connectivity index (χ1) is 9.92. The molecule has 1 aromatic heterocycles. The van der Waals surface area contributed by atoms with Gasteiger partial charge in [0.1, 0.15) is 18.1 Å². The second-order valence-corrected chi connectivity index (χ2v) is 4.73. The number of aromatic amines is 1. The van der Waals surface area contributed by atoms with Crippen molar-refractivity contribution in [2.45, 2.75) is 5.75 Å². The minimum Gasteiger partial charge on any atom is -0.480 e. The van der Waals surface area contributed by atoms with Crippen molar-refractivity contribution in [2.75, 3.05) is 19.3 Å². The van der Waals surface area contributed by atoms with Crippen LogP contribution in [0.1, 0.15) is 16.3 Å². The normalized spacial score (nSPS) is 9.95. The van der Waals surface area contributed by atoms with Gasteiger partial charge in [0.2, 0.25) is 5.91 Å². The number of carbonyl (C=O) groups is 3. The first-order valence-corrected chi connectivity index (χ1v) is 7.17. The molecule has 0 spiro atoms. The Morgan fingerprint density at radius 2 is 2.05 bits per heavy atom. The second-order valence-electron chi connectivity index (χ2n) is 3.86. The molecular formula is C11H14N4O5S. The molecule has 0 unspecified atom stereocenters. The molecule has 9 nitrogen and oxygen atoms in total. The van der Waals surface area contributed by atoms with Gasteiger partial charge >= 0.3 is 5.97 Å². The Morgan fingerprint density at radius 1 is 1.33 bits per heavy atom. The van der Waals surface area contributed by atoms with E-state index >= 15 is 0 Å². The largest absolute Gasteiger partial charge is 0.480 e. The third-order valence-electron chi connectivity index (χ3n) is 2.15. The van der Waals surface area contributed by atoms with Crippen LogP contribution < -0.4 is 16.2 Å². The zero-order valence-corrected chi connectivity index (χ0v) is 12.0. The molecule has 1 rings (SSSR count). The van der Waals surface area contributed by atoms with Gasteiger partial charge in [0.25, 0.3) is 11.5 Å². The number of aromatic nitrogens is 2. The fourth-order valence-corrected chi connectivity index (χ4v) is 1.73. The molecule has 10 heteroatoms.